The molecule has 1 aromatic carbocycles. The van der Waals surface area contributed by atoms with Crippen LogP contribution in [0.3, 0.4) is 0 Å². The molecule has 2 heterocycles. The molecule has 1 amide bonds. The van der Waals surface area contributed by atoms with Crippen LogP contribution in [0, 0.1) is 6.92 Å². The van der Waals surface area contributed by atoms with Gasteiger partial charge in [-0.1, -0.05) is 37.3 Å². The maximum atomic E-state index is 13.3. The number of nitrogens with zero attached hydrogens (tertiary/aromatic N) is 2. The number of aromatic nitrogens is 1. The molecule has 152 valence electrons. The Balaban J connectivity index is 0.00000280. The molecule has 1 N–H and O–H groups in total. The minimum absolute atomic E-state index is 0. The van der Waals surface area contributed by atoms with Crippen LogP contribution in [0.25, 0.3) is 0 Å². The van der Waals surface area contributed by atoms with Gasteiger partial charge in [0.2, 0.25) is 5.91 Å². The van der Waals surface area contributed by atoms with Crippen LogP contribution in [0.5, 0.6) is 0 Å². The number of hydrogen-bond donors (Lipinski definition) is 1. The molecule has 0 spiro atoms. The van der Waals surface area contributed by atoms with E-state index < -0.39 is 0 Å². The summed E-state index contributed by atoms with van der Waals surface area (Å²) in [4.78, 5) is 19.9. The first-order valence-electron chi connectivity index (χ1n) is 10.1. The van der Waals surface area contributed by atoms with E-state index in [9.17, 15) is 4.79 Å². The van der Waals surface area contributed by atoms with Gasteiger partial charge in [-0.05, 0) is 68.5 Å². The molecule has 0 aliphatic carbocycles. The third-order valence-electron chi connectivity index (χ3n) is 5.57. The second-order valence-corrected chi connectivity index (χ2v) is 7.64. The number of halogens is 1. The van der Waals surface area contributed by atoms with E-state index in [1.54, 1.807) is 0 Å². The predicted octanol–water partition coefficient (Wildman–Crippen LogP) is 4.48. The average Bonchev–Trinajstić information content (AvgIpc) is 2.96. The summed E-state index contributed by atoms with van der Waals surface area (Å²) in [6.45, 7) is 6.91. The molecule has 5 heteroatoms. The van der Waals surface area contributed by atoms with Crippen LogP contribution < -0.4 is 5.32 Å². The van der Waals surface area contributed by atoms with Crippen LogP contribution in [-0.2, 0) is 11.3 Å². The first-order chi connectivity index (χ1) is 13.1. The molecule has 0 bridgehead atoms. The van der Waals surface area contributed by atoms with Crippen molar-refractivity contribution in [3.05, 3.63) is 65.5 Å². The van der Waals surface area contributed by atoms with E-state index in [0.717, 1.165) is 38.0 Å². The lowest BCUT2D eigenvalue weighted by atomic mass is 9.93. The first-order valence-corrected chi connectivity index (χ1v) is 10.1. The molecule has 4 nitrogen and oxygen atoms in total. The molecule has 2 atom stereocenters. The van der Waals surface area contributed by atoms with E-state index in [-0.39, 0.29) is 24.2 Å². The Hall–Kier alpha value is -1.91. The number of carbonyl (C=O) groups is 1. The van der Waals surface area contributed by atoms with Gasteiger partial charge in [0, 0.05) is 18.7 Å². The molecule has 0 radical (unpaired) electrons. The summed E-state index contributed by atoms with van der Waals surface area (Å²) in [5.41, 5.74) is 3.49. The molecule has 0 saturated carbocycles. The van der Waals surface area contributed by atoms with Gasteiger partial charge in [-0.2, -0.15) is 0 Å². The molecule has 2 aromatic rings. The van der Waals surface area contributed by atoms with Crippen LogP contribution in [0.2, 0.25) is 0 Å². The monoisotopic (exact) mass is 401 g/mol. The van der Waals surface area contributed by atoms with E-state index in [2.05, 4.69) is 53.3 Å². The second kappa shape index (κ2) is 11.2. The molecule has 1 aliphatic rings. The minimum atomic E-state index is 0. The molecule has 2 unspecified atom stereocenters. The summed E-state index contributed by atoms with van der Waals surface area (Å²) >= 11 is 0. The Kier molecular flexibility index (Phi) is 8.94. The van der Waals surface area contributed by atoms with Gasteiger partial charge >= 0.3 is 0 Å². The van der Waals surface area contributed by atoms with Gasteiger partial charge in [-0.3, -0.25) is 9.78 Å². The lowest BCUT2D eigenvalue weighted by Gasteiger charge is -2.32. The molecule has 28 heavy (non-hydrogen) atoms. The number of carbonyl (C=O) groups excluding carboxylic acids is 1. The Morgan fingerprint density at radius 1 is 1.18 bits per heavy atom. The molecule has 1 fully saturated rings. The molecule has 1 aliphatic heterocycles. The zero-order valence-corrected chi connectivity index (χ0v) is 17.8. The first kappa shape index (κ1) is 22.4. The van der Waals surface area contributed by atoms with Crippen molar-refractivity contribution < 1.29 is 4.79 Å². The van der Waals surface area contributed by atoms with Gasteiger partial charge in [0.1, 0.15) is 0 Å². The fourth-order valence-electron chi connectivity index (χ4n) is 4.03. The number of pyridine rings is 1. The maximum Gasteiger partial charge on any atom is 0.223 e. The van der Waals surface area contributed by atoms with Crippen molar-refractivity contribution in [2.45, 2.75) is 58.0 Å². The molecular weight excluding hydrogens is 370 g/mol. The summed E-state index contributed by atoms with van der Waals surface area (Å²) < 4.78 is 0. The van der Waals surface area contributed by atoms with Gasteiger partial charge in [-0.15, -0.1) is 12.4 Å². The van der Waals surface area contributed by atoms with Crippen molar-refractivity contribution in [1.82, 2.24) is 15.2 Å². The van der Waals surface area contributed by atoms with Gasteiger partial charge < -0.3 is 10.2 Å². The number of nitrogens with one attached hydrogen (secondary N) is 1. The highest BCUT2D eigenvalue weighted by atomic mass is 35.5. The summed E-state index contributed by atoms with van der Waals surface area (Å²) in [5.74, 6) is 0.456. The number of rotatable bonds is 6. The average molecular weight is 402 g/mol. The third kappa shape index (κ3) is 6.05. The van der Waals surface area contributed by atoms with E-state index in [1.165, 1.54) is 11.1 Å². The highest BCUT2D eigenvalue weighted by Crippen LogP contribution is 2.25. The highest BCUT2D eigenvalue weighted by Gasteiger charge is 2.26. The third-order valence-corrected chi connectivity index (χ3v) is 5.57. The smallest absolute Gasteiger partial charge is 0.223 e. The van der Waals surface area contributed by atoms with E-state index in [0.29, 0.717) is 19.0 Å². The Morgan fingerprint density at radius 2 is 1.96 bits per heavy atom. The van der Waals surface area contributed by atoms with Crippen molar-refractivity contribution in [2.24, 2.45) is 0 Å². The van der Waals surface area contributed by atoms with Crippen molar-refractivity contribution >= 4 is 18.3 Å². The summed E-state index contributed by atoms with van der Waals surface area (Å²) in [6, 6.07) is 14.6. The lowest BCUT2D eigenvalue weighted by Crippen LogP contribution is -2.41. The fraction of sp³-hybridized carbons (Fsp3) is 0.478. The second-order valence-electron chi connectivity index (χ2n) is 7.64. The van der Waals surface area contributed by atoms with Crippen LogP contribution in [0.4, 0.5) is 0 Å². The molecule has 3 rings (SSSR count). The molecule has 1 saturated heterocycles. The quantitative estimate of drug-likeness (QED) is 0.776. The zero-order chi connectivity index (χ0) is 19.1. The van der Waals surface area contributed by atoms with Crippen LogP contribution in [0.1, 0.15) is 55.3 Å². The highest BCUT2D eigenvalue weighted by molar-refractivity contribution is 5.85. The fourth-order valence-corrected chi connectivity index (χ4v) is 4.03. The van der Waals surface area contributed by atoms with Crippen molar-refractivity contribution in [1.29, 1.82) is 0 Å². The number of benzene rings is 1. The zero-order valence-electron chi connectivity index (χ0n) is 16.9. The van der Waals surface area contributed by atoms with Crippen LogP contribution in [0.15, 0.2) is 48.7 Å². The Labute approximate surface area is 175 Å². The topological polar surface area (TPSA) is 45.2 Å². The summed E-state index contributed by atoms with van der Waals surface area (Å²) in [6.07, 6.45) is 5.54. The van der Waals surface area contributed by atoms with Crippen molar-refractivity contribution in [3.63, 3.8) is 0 Å². The lowest BCUT2D eigenvalue weighted by molar-refractivity contribution is -0.135. The number of amides is 1. The Bertz CT molecular complexity index is 730. The van der Waals surface area contributed by atoms with Gasteiger partial charge in [0.15, 0.2) is 0 Å². The van der Waals surface area contributed by atoms with E-state index in [1.807, 2.05) is 24.4 Å². The van der Waals surface area contributed by atoms with Crippen molar-refractivity contribution in [3.8, 4) is 0 Å². The number of aryl methyl sites for hydroxylation is 1. The normalized spacial score (nSPS) is 17.9. The maximum absolute atomic E-state index is 13.3. The SMILES string of the molecule is Cc1ccccc1C(C)CC(=O)N(Cc1ccccn1)C1CCCNCC1.Cl. The van der Waals surface area contributed by atoms with E-state index in [4.69, 9.17) is 0 Å². The standard InChI is InChI=1S/C23H31N3O.ClH/c1-18-8-3-4-11-22(18)19(2)16-23(27)26(17-20-9-5-6-14-25-20)21-10-7-13-24-15-12-21;/h3-6,8-9,11,14,19,21,24H,7,10,12-13,15-17H2,1-2H3;1H. The summed E-state index contributed by atoms with van der Waals surface area (Å²) in [5, 5.41) is 3.46. The van der Waals surface area contributed by atoms with Gasteiger partial charge in [0.25, 0.3) is 0 Å². The Morgan fingerprint density at radius 3 is 2.71 bits per heavy atom. The van der Waals surface area contributed by atoms with Gasteiger partial charge in [0.05, 0.1) is 12.2 Å². The van der Waals surface area contributed by atoms with Crippen LogP contribution >= 0.6 is 12.4 Å². The number of hydrogen-bond acceptors (Lipinski definition) is 3. The molecule has 1 aromatic heterocycles. The van der Waals surface area contributed by atoms with Crippen molar-refractivity contribution in [2.75, 3.05) is 13.1 Å². The predicted molar refractivity (Wildman–Crippen MR) is 117 cm³/mol. The van der Waals surface area contributed by atoms with Gasteiger partial charge in [-0.25, -0.2) is 0 Å². The summed E-state index contributed by atoms with van der Waals surface area (Å²) in [7, 11) is 0. The largest absolute Gasteiger partial charge is 0.334 e. The minimum Gasteiger partial charge on any atom is -0.334 e. The molecular formula is C23H32ClN3O. The van der Waals surface area contributed by atoms with E-state index >= 15 is 0 Å². The van der Waals surface area contributed by atoms with Crippen LogP contribution in [-0.4, -0.2) is 34.9 Å².